The summed E-state index contributed by atoms with van der Waals surface area (Å²) in [6, 6.07) is 17.7. The largest absolute Gasteiger partial charge is 0.489 e. The first kappa shape index (κ1) is 13.6. The Kier molecular flexibility index (Phi) is 4.55. The second-order valence-electron chi connectivity index (χ2n) is 4.73. The van der Waals surface area contributed by atoms with Gasteiger partial charge in [-0.1, -0.05) is 42.5 Å². The van der Waals surface area contributed by atoms with Gasteiger partial charge in [0.25, 0.3) is 0 Å². The Morgan fingerprint density at radius 1 is 0.947 bits per heavy atom. The first-order valence-electron chi connectivity index (χ1n) is 6.44. The molecule has 0 aliphatic heterocycles. The van der Waals surface area contributed by atoms with E-state index in [1.807, 2.05) is 61.5 Å². The third-order valence-corrected chi connectivity index (χ3v) is 3.08. The van der Waals surface area contributed by atoms with E-state index in [1.165, 1.54) is 0 Å². The van der Waals surface area contributed by atoms with Gasteiger partial charge in [-0.3, -0.25) is 0 Å². The van der Waals surface area contributed by atoms with E-state index in [0.29, 0.717) is 6.61 Å². The number of benzene rings is 2. The van der Waals surface area contributed by atoms with Gasteiger partial charge in [-0.25, -0.2) is 0 Å². The van der Waals surface area contributed by atoms with Crippen LogP contribution in [0.3, 0.4) is 0 Å². The van der Waals surface area contributed by atoms with Crippen LogP contribution < -0.4 is 16.2 Å². The van der Waals surface area contributed by atoms with Crippen LogP contribution >= 0.6 is 0 Å². The minimum absolute atomic E-state index is 0.0592. The van der Waals surface area contributed by atoms with Crippen molar-refractivity contribution in [2.75, 3.05) is 0 Å². The van der Waals surface area contributed by atoms with Gasteiger partial charge >= 0.3 is 0 Å². The van der Waals surface area contributed by atoms with Crippen molar-refractivity contribution < 1.29 is 4.74 Å². The Hall–Kier alpha value is -1.84. The van der Waals surface area contributed by atoms with Crippen molar-refractivity contribution in [1.82, 2.24) is 0 Å². The highest BCUT2D eigenvalue weighted by Gasteiger charge is 2.10. The Bertz CT molecular complexity index is 494. The van der Waals surface area contributed by atoms with Crippen LogP contribution in [0.4, 0.5) is 0 Å². The van der Waals surface area contributed by atoms with E-state index in [4.69, 9.17) is 16.2 Å². The highest BCUT2D eigenvalue weighted by molar-refractivity contribution is 5.30. The van der Waals surface area contributed by atoms with Gasteiger partial charge in [-0.2, -0.15) is 0 Å². The Balaban J connectivity index is 1.96. The van der Waals surface area contributed by atoms with Gasteiger partial charge in [0.1, 0.15) is 12.4 Å². The van der Waals surface area contributed by atoms with Crippen LogP contribution in [-0.4, -0.2) is 6.04 Å². The van der Waals surface area contributed by atoms with Gasteiger partial charge in [-0.15, -0.1) is 0 Å². The Morgan fingerprint density at radius 3 is 2.16 bits per heavy atom. The van der Waals surface area contributed by atoms with Gasteiger partial charge in [0.2, 0.25) is 0 Å². The quantitative estimate of drug-likeness (QED) is 0.864. The van der Waals surface area contributed by atoms with Crippen LogP contribution in [0.1, 0.15) is 24.1 Å². The zero-order valence-corrected chi connectivity index (χ0v) is 11.1. The van der Waals surface area contributed by atoms with Crippen molar-refractivity contribution in [3.63, 3.8) is 0 Å². The molecule has 0 aromatic heterocycles. The summed E-state index contributed by atoms with van der Waals surface area (Å²) in [7, 11) is 0. The van der Waals surface area contributed by atoms with Crippen LogP contribution in [0.15, 0.2) is 54.6 Å². The van der Waals surface area contributed by atoms with E-state index in [2.05, 4.69) is 0 Å². The van der Waals surface area contributed by atoms with E-state index >= 15 is 0 Å². The molecule has 2 aromatic carbocycles. The molecule has 0 saturated carbocycles. The predicted molar refractivity (Wildman–Crippen MR) is 77.8 cm³/mol. The summed E-state index contributed by atoms with van der Waals surface area (Å²) in [5.41, 5.74) is 14.0. The van der Waals surface area contributed by atoms with Gasteiger partial charge in [0.05, 0.1) is 0 Å². The lowest BCUT2D eigenvalue weighted by molar-refractivity contribution is 0.306. The minimum Gasteiger partial charge on any atom is -0.489 e. The molecule has 0 spiro atoms. The molecule has 0 saturated heterocycles. The average molecular weight is 256 g/mol. The predicted octanol–water partition coefficient (Wildman–Crippen LogP) is 2.61. The van der Waals surface area contributed by atoms with Crippen molar-refractivity contribution in [1.29, 1.82) is 0 Å². The van der Waals surface area contributed by atoms with Crippen molar-refractivity contribution in [2.24, 2.45) is 11.5 Å². The van der Waals surface area contributed by atoms with Gasteiger partial charge < -0.3 is 16.2 Å². The van der Waals surface area contributed by atoms with Crippen LogP contribution in [0.5, 0.6) is 5.75 Å². The van der Waals surface area contributed by atoms with E-state index in [1.54, 1.807) is 0 Å². The molecule has 0 heterocycles. The lowest BCUT2D eigenvalue weighted by atomic mass is 10.0. The SMILES string of the molecule is C[C@H](N)[C@H](N)c1ccc(OCc2ccccc2)cc1. The molecule has 2 rings (SSSR count). The number of rotatable bonds is 5. The first-order valence-corrected chi connectivity index (χ1v) is 6.44. The maximum Gasteiger partial charge on any atom is 0.119 e. The maximum absolute atomic E-state index is 5.99. The number of ether oxygens (including phenoxy) is 1. The zero-order valence-electron chi connectivity index (χ0n) is 11.1. The summed E-state index contributed by atoms with van der Waals surface area (Å²) in [6.07, 6.45) is 0. The smallest absolute Gasteiger partial charge is 0.119 e. The third kappa shape index (κ3) is 3.81. The molecule has 100 valence electrons. The normalized spacial score (nSPS) is 13.8. The summed E-state index contributed by atoms with van der Waals surface area (Å²) in [6.45, 7) is 2.48. The molecule has 3 heteroatoms. The van der Waals surface area contributed by atoms with E-state index < -0.39 is 0 Å². The topological polar surface area (TPSA) is 61.3 Å². The summed E-state index contributed by atoms with van der Waals surface area (Å²) >= 11 is 0. The maximum atomic E-state index is 5.99. The number of hydrogen-bond donors (Lipinski definition) is 2. The van der Waals surface area contributed by atoms with Crippen molar-refractivity contribution in [3.05, 3.63) is 65.7 Å². The molecular formula is C16H20N2O. The highest BCUT2D eigenvalue weighted by Crippen LogP contribution is 2.18. The van der Waals surface area contributed by atoms with Crippen molar-refractivity contribution >= 4 is 0 Å². The van der Waals surface area contributed by atoms with Crippen LogP contribution in [0, 0.1) is 0 Å². The summed E-state index contributed by atoms with van der Waals surface area (Å²) in [5, 5.41) is 0. The summed E-state index contributed by atoms with van der Waals surface area (Å²) in [5.74, 6) is 0.837. The molecule has 0 bridgehead atoms. The molecule has 0 fully saturated rings. The molecule has 19 heavy (non-hydrogen) atoms. The fourth-order valence-corrected chi connectivity index (χ4v) is 1.83. The van der Waals surface area contributed by atoms with E-state index in [-0.39, 0.29) is 12.1 Å². The van der Waals surface area contributed by atoms with Gasteiger partial charge in [0.15, 0.2) is 0 Å². The molecule has 0 aliphatic carbocycles. The number of nitrogens with two attached hydrogens (primary N) is 2. The Morgan fingerprint density at radius 2 is 1.58 bits per heavy atom. The van der Waals surface area contributed by atoms with Crippen molar-refractivity contribution in [2.45, 2.75) is 25.6 Å². The molecule has 3 nitrogen and oxygen atoms in total. The lowest BCUT2D eigenvalue weighted by Crippen LogP contribution is -2.30. The second-order valence-corrected chi connectivity index (χ2v) is 4.73. The van der Waals surface area contributed by atoms with E-state index in [9.17, 15) is 0 Å². The van der Waals surface area contributed by atoms with Crippen molar-refractivity contribution in [3.8, 4) is 5.75 Å². The lowest BCUT2D eigenvalue weighted by Gasteiger charge is -2.16. The fourth-order valence-electron chi connectivity index (χ4n) is 1.83. The molecule has 0 aliphatic rings. The molecular weight excluding hydrogens is 236 g/mol. The molecule has 0 unspecified atom stereocenters. The summed E-state index contributed by atoms with van der Waals surface area (Å²) in [4.78, 5) is 0. The molecule has 2 atom stereocenters. The molecule has 0 radical (unpaired) electrons. The fraction of sp³-hybridized carbons (Fsp3) is 0.250. The third-order valence-electron chi connectivity index (χ3n) is 3.08. The minimum atomic E-state index is -0.136. The highest BCUT2D eigenvalue weighted by atomic mass is 16.5. The number of hydrogen-bond acceptors (Lipinski definition) is 3. The molecule has 0 amide bonds. The summed E-state index contributed by atoms with van der Waals surface area (Å²) < 4.78 is 5.72. The van der Waals surface area contributed by atoms with Crippen LogP contribution in [-0.2, 0) is 6.61 Å². The van der Waals surface area contributed by atoms with Gasteiger partial charge in [0, 0.05) is 12.1 Å². The van der Waals surface area contributed by atoms with Crippen LogP contribution in [0.2, 0.25) is 0 Å². The standard InChI is InChI=1S/C16H20N2O/c1-12(17)16(18)14-7-9-15(10-8-14)19-11-13-5-3-2-4-6-13/h2-10,12,16H,11,17-18H2,1H3/t12-,16-/m0/s1. The van der Waals surface area contributed by atoms with E-state index in [0.717, 1.165) is 16.9 Å². The average Bonchev–Trinajstić information content (AvgIpc) is 2.46. The molecule has 2 aromatic rings. The Labute approximate surface area is 114 Å². The van der Waals surface area contributed by atoms with Gasteiger partial charge in [-0.05, 0) is 30.2 Å². The monoisotopic (exact) mass is 256 g/mol. The second kappa shape index (κ2) is 6.36. The van der Waals surface area contributed by atoms with Crippen LogP contribution in [0.25, 0.3) is 0 Å². The first-order chi connectivity index (χ1) is 9.16. The zero-order chi connectivity index (χ0) is 13.7. The molecule has 4 N–H and O–H groups in total.